The molecule has 1 atom stereocenters. The van der Waals surface area contributed by atoms with E-state index in [1.165, 1.54) is 12.1 Å². The molecule has 3 aromatic carbocycles. The summed E-state index contributed by atoms with van der Waals surface area (Å²) in [7, 11) is 0. The standard InChI is InChI=1S/C24H15FO3/c25-17-12-10-16(11-13-17)21-14-19(15-6-2-1-3-7-15)22-23(27-21)18-8-4-5-9-20(18)28-24(22)26/h1-14,19H. The summed E-state index contributed by atoms with van der Waals surface area (Å²) in [6, 6.07) is 23.1. The maximum atomic E-state index is 13.4. The number of rotatable bonds is 2. The molecular formula is C24H15FO3. The lowest BCUT2D eigenvalue weighted by molar-refractivity contribution is 0.472. The Morgan fingerprint density at radius 2 is 1.54 bits per heavy atom. The van der Waals surface area contributed by atoms with Crippen LogP contribution in [-0.4, -0.2) is 0 Å². The molecule has 4 heteroatoms. The Morgan fingerprint density at radius 1 is 0.821 bits per heavy atom. The average Bonchev–Trinajstić information content (AvgIpc) is 2.74. The maximum Gasteiger partial charge on any atom is 0.344 e. The fourth-order valence-corrected chi connectivity index (χ4v) is 3.59. The number of hydrogen-bond donors (Lipinski definition) is 0. The van der Waals surface area contributed by atoms with E-state index in [1.54, 1.807) is 18.2 Å². The van der Waals surface area contributed by atoms with Crippen LogP contribution in [0.3, 0.4) is 0 Å². The van der Waals surface area contributed by atoms with Gasteiger partial charge in [-0.2, -0.15) is 0 Å². The Morgan fingerprint density at radius 3 is 2.32 bits per heavy atom. The van der Waals surface area contributed by atoms with Gasteiger partial charge in [-0.25, -0.2) is 9.18 Å². The van der Waals surface area contributed by atoms with Crippen molar-refractivity contribution in [3.05, 3.63) is 118 Å². The van der Waals surface area contributed by atoms with Crippen LogP contribution in [-0.2, 0) is 0 Å². The van der Waals surface area contributed by atoms with Crippen molar-refractivity contribution in [1.82, 2.24) is 0 Å². The van der Waals surface area contributed by atoms with Crippen LogP contribution >= 0.6 is 0 Å². The van der Waals surface area contributed by atoms with Crippen LogP contribution < -0.4 is 10.4 Å². The Labute approximate surface area is 160 Å². The molecule has 3 nitrogen and oxygen atoms in total. The molecule has 0 fully saturated rings. The van der Waals surface area contributed by atoms with E-state index in [9.17, 15) is 9.18 Å². The van der Waals surface area contributed by atoms with E-state index >= 15 is 0 Å². The highest BCUT2D eigenvalue weighted by atomic mass is 19.1. The summed E-state index contributed by atoms with van der Waals surface area (Å²) in [6.07, 6.45) is 1.89. The lowest BCUT2D eigenvalue weighted by Gasteiger charge is -2.25. The Kier molecular flexibility index (Phi) is 3.83. The smallest absolute Gasteiger partial charge is 0.344 e. The molecule has 28 heavy (non-hydrogen) atoms. The molecule has 0 N–H and O–H groups in total. The fourth-order valence-electron chi connectivity index (χ4n) is 3.59. The molecule has 0 radical (unpaired) electrons. The molecule has 1 aliphatic rings. The van der Waals surface area contributed by atoms with Gasteiger partial charge >= 0.3 is 5.63 Å². The number of fused-ring (bicyclic) bond motifs is 3. The van der Waals surface area contributed by atoms with E-state index in [2.05, 4.69) is 0 Å². The zero-order chi connectivity index (χ0) is 19.1. The van der Waals surface area contributed by atoms with Crippen molar-refractivity contribution in [2.75, 3.05) is 0 Å². The van der Waals surface area contributed by atoms with Crippen molar-refractivity contribution < 1.29 is 13.5 Å². The average molecular weight is 370 g/mol. The zero-order valence-electron chi connectivity index (χ0n) is 14.8. The highest BCUT2D eigenvalue weighted by Crippen LogP contribution is 2.42. The molecular weight excluding hydrogens is 355 g/mol. The summed E-state index contributed by atoms with van der Waals surface area (Å²) in [5.74, 6) is 0.428. The van der Waals surface area contributed by atoms with Gasteiger partial charge < -0.3 is 9.15 Å². The topological polar surface area (TPSA) is 39.4 Å². The molecule has 2 heterocycles. The summed E-state index contributed by atoms with van der Waals surface area (Å²) in [5.41, 5.74) is 2.21. The molecule has 0 saturated heterocycles. The van der Waals surface area contributed by atoms with E-state index < -0.39 is 5.63 Å². The number of hydrogen-bond acceptors (Lipinski definition) is 3. The fraction of sp³-hybridized carbons (Fsp3) is 0.0417. The summed E-state index contributed by atoms with van der Waals surface area (Å²) in [4.78, 5) is 12.8. The van der Waals surface area contributed by atoms with Crippen LogP contribution in [0.25, 0.3) is 16.7 Å². The lowest BCUT2D eigenvalue weighted by Crippen LogP contribution is -2.19. The third-order valence-electron chi connectivity index (χ3n) is 4.93. The Bertz CT molecular complexity index is 1250. The van der Waals surface area contributed by atoms with Gasteiger partial charge in [0.2, 0.25) is 0 Å². The Hall–Kier alpha value is -3.66. The second-order valence-corrected chi connectivity index (χ2v) is 6.66. The monoisotopic (exact) mass is 370 g/mol. The highest BCUT2D eigenvalue weighted by molar-refractivity contribution is 5.87. The van der Waals surface area contributed by atoms with Crippen molar-refractivity contribution in [3.63, 3.8) is 0 Å². The first-order valence-electron chi connectivity index (χ1n) is 8.97. The molecule has 0 spiro atoms. The van der Waals surface area contributed by atoms with E-state index in [1.807, 2.05) is 54.6 Å². The molecule has 136 valence electrons. The van der Waals surface area contributed by atoms with Crippen LogP contribution in [0.2, 0.25) is 0 Å². The molecule has 0 aliphatic carbocycles. The molecule has 1 aromatic heterocycles. The van der Waals surface area contributed by atoms with Crippen LogP contribution in [0, 0.1) is 5.82 Å². The summed E-state index contributed by atoms with van der Waals surface area (Å²) in [6.45, 7) is 0. The lowest BCUT2D eigenvalue weighted by atomic mass is 9.88. The number of allylic oxidation sites excluding steroid dienone is 1. The summed E-state index contributed by atoms with van der Waals surface area (Å²) >= 11 is 0. The third-order valence-corrected chi connectivity index (χ3v) is 4.93. The minimum absolute atomic E-state index is 0.314. The van der Waals surface area contributed by atoms with Crippen molar-refractivity contribution in [3.8, 4) is 5.75 Å². The van der Waals surface area contributed by atoms with Crippen LogP contribution in [0.5, 0.6) is 5.75 Å². The van der Waals surface area contributed by atoms with Gasteiger partial charge in [-0.3, -0.25) is 0 Å². The van der Waals surface area contributed by atoms with Gasteiger partial charge in [0, 0.05) is 11.5 Å². The maximum absolute atomic E-state index is 13.4. The van der Waals surface area contributed by atoms with Gasteiger partial charge in [-0.1, -0.05) is 42.5 Å². The molecule has 1 aliphatic heterocycles. The van der Waals surface area contributed by atoms with E-state index in [-0.39, 0.29) is 11.7 Å². The molecule has 0 bridgehead atoms. The van der Waals surface area contributed by atoms with E-state index in [0.717, 1.165) is 16.5 Å². The number of para-hydroxylation sites is 1. The normalized spacial score (nSPS) is 15.6. The first-order valence-corrected chi connectivity index (χ1v) is 8.97. The molecule has 0 saturated carbocycles. The highest BCUT2D eigenvalue weighted by Gasteiger charge is 2.30. The van der Waals surface area contributed by atoms with Crippen molar-refractivity contribution in [2.24, 2.45) is 0 Å². The Balaban J connectivity index is 1.78. The second-order valence-electron chi connectivity index (χ2n) is 6.66. The number of halogens is 1. The SMILES string of the molecule is O=c1oc2ccccc2c2c1C(c1ccccc1)C=C(c1ccc(F)cc1)O2. The minimum Gasteiger partial charge on any atom is -0.456 e. The van der Waals surface area contributed by atoms with Crippen molar-refractivity contribution >= 4 is 16.7 Å². The van der Waals surface area contributed by atoms with Crippen molar-refractivity contribution in [1.29, 1.82) is 0 Å². The number of ether oxygens (including phenoxy) is 1. The van der Waals surface area contributed by atoms with Gasteiger partial charge in [-0.15, -0.1) is 0 Å². The second kappa shape index (κ2) is 6.50. The predicted octanol–water partition coefficient (Wildman–Crippen LogP) is 5.50. The molecule has 1 unspecified atom stereocenters. The summed E-state index contributed by atoms with van der Waals surface area (Å²) < 4.78 is 25.1. The molecule has 0 amide bonds. The van der Waals surface area contributed by atoms with Gasteiger partial charge in [0.25, 0.3) is 0 Å². The summed E-state index contributed by atoms with van der Waals surface area (Å²) in [5, 5.41) is 0.728. The molecule has 5 rings (SSSR count). The quantitative estimate of drug-likeness (QED) is 0.438. The van der Waals surface area contributed by atoms with Gasteiger partial charge in [0.15, 0.2) is 0 Å². The van der Waals surface area contributed by atoms with E-state index in [0.29, 0.717) is 22.7 Å². The van der Waals surface area contributed by atoms with Crippen LogP contribution in [0.4, 0.5) is 4.39 Å². The predicted molar refractivity (Wildman–Crippen MR) is 106 cm³/mol. The first-order chi connectivity index (χ1) is 13.7. The van der Waals surface area contributed by atoms with Crippen LogP contribution in [0.15, 0.2) is 94.2 Å². The largest absolute Gasteiger partial charge is 0.456 e. The minimum atomic E-state index is -0.419. The van der Waals surface area contributed by atoms with Gasteiger partial charge in [0.05, 0.1) is 10.9 Å². The van der Waals surface area contributed by atoms with Crippen LogP contribution in [0.1, 0.15) is 22.6 Å². The van der Waals surface area contributed by atoms with Gasteiger partial charge in [-0.05, 0) is 48.0 Å². The van der Waals surface area contributed by atoms with Gasteiger partial charge in [0.1, 0.15) is 22.9 Å². The third kappa shape index (κ3) is 2.70. The molecule has 4 aromatic rings. The van der Waals surface area contributed by atoms with E-state index in [4.69, 9.17) is 9.15 Å². The first kappa shape index (κ1) is 16.5. The number of benzene rings is 3. The van der Waals surface area contributed by atoms with Crippen molar-refractivity contribution in [2.45, 2.75) is 5.92 Å². The zero-order valence-corrected chi connectivity index (χ0v) is 14.8.